The lowest BCUT2D eigenvalue weighted by atomic mass is 9.99. The van der Waals surface area contributed by atoms with Crippen LogP contribution in [0.3, 0.4) is 0 Å². The predicted molar refractivity (Wildman–Crippen MR) is 181 cm³/mol. The fourth-order valence-corrected chi connectivity index (χ4v) is 4.79. The molecule has 1 atom stereocenters. The zero-order valence-electron chi connectivity index (χ0n) is 28.0. The van der Waals surface area contributed by atoms with Crippen LogP contribution in [0, 0.1) is 5.82 Å². The van der Waals surface area contributed by atoms with E-state index in [0.29, 0.717) is 36.8 Å². The third-order valence-electron chi connectivity index (χ3n) is 7.21. The molecule has 0 fully saturated rings. The number of imidazole rings is 1. The maximum Gasteiger partial charge on any atom is 0.490 e. The summed E-state index contributed by atoms with van der Waals surface area (Å²) in [5, 5.41) is 29.4. The molecular formula is C35H34F7N5O6. The van der Waals surface area contributed by atoms with E-state index in [0.717, 1.165) is 33.3 Å². The van der Waals surface area contributed by atoms with Crippen molar-refractivity contribution in [2.24, 2.45) is 0 Å². The highest BCUT2D eigenvalue weighted by molar-refractivity contribution is 5.93. The quantitative estimate of drug-likeness (QED) is 0.0916. The summed E-state index contributed by atoms with van der Waals surface area (Å²) < 4.78 is 87.1. The predicted octanol–water partition coefficient (Wildman–Crippen LogP) is 7.24. The van der Waals surface area contributed by atoms with E-state index in [1.54, 1.807) is 12.3 Å². The lowest BCUT2D eigenvalue weighted by Crippen LogP contribution is -2.21. The van der Waals surface area contributed by atoms with Crippen molar-refractivity contribution in [2.45, 2.75) is 45.2 Å². The maximum absolute atomic E-state index is 16.1. The number of halogens is 7. The van der Waals surface area contributed by atoms with Gasteiger partial charge in [-0.1, -0.05) is 43.3 Å². The van der Waals surface area contributed by atoms with Gasteiger partial charge in [0.25, 0.3) is 0 Å². The number of hydrogen-bond acceptors (Lipinski definition) is 8. The van der Waals surface area contributed by atoms with E-state index in [2.05, 4.69) is 10.3 Å². The Bertz CT molecular complexity index is 1980. The SMILES string of the molecule is CCOc1cc(CC)cc(C(Nc2ccc3c(N)nccc3c2)c2nc(-c3ccccc3)cn2CCO)c1F.O=C(O)C(F)(F)F.O=C(O)C(F)(F)F. The number of aliphatic hydroxyl groups is 1. The number of nitrogen functional groups attached to an aromatic ring is 1. The smallest absolute Gasteiger partial charge is 0.490 e. The van der Waals surface area contributed by atoms with Crippen LogP contribution in [0.5, 0.6) is 5.75 Å². The molecule has 6 N–H and O–H groups in total. The van der Waals surface area contributed by atoms with Crippen molar-refractivity contribution in [2.75, 3.05) is 24.3 Å². The van der Waals surface area contributed by atoms with Crippen LogP contribution in [0.25, 0.3) is 22.0 Å². The van der Waals surface area contributed by atoms with Crippen LogP contribution in [0.1, 0.15) is 36.8 Å². The highest BCUT2D eigenvalue weighted by Gasteiger charge is 2.39. The van der Waals surface area contributed by atoms with Crippen LogP contribution in [0.4, 0.5) is 42.2 Å². The lowest BCUT2D eigenvalue weighted by molar-refractivity contribution is -0.193. The molecule has 11 nitrogen and oxygen atoms in total. The van der Waals surface area contributed by atoms with Gasteiger partial charge in [0.2, 0.25) is 0 Å². The van der Waals surface area contributed by atoms with Crippen molar-refractivity contribution in [3.05, 3.63) is 102 Å². The molecule has 5 rings (SSSR count). The molecular weight excluding hydrogens is 719 g/mol. The summed E-state index contributed by atoms with van der Waals surface area (Å²) >= 11 is 0. The molecule has 0 saturated heterocycles. The first-order valence-electron chi connectivity index (χ1n) is 15.6. The summed E-state index contributed by atoms with van der Waals surface area (Å²) in [4.78, 5) is 26.9. The van der Waals surface area contributed by atoms with Gasteiger partial charge in [0, 0.05) is 41.1 Å². The van der Waals surface area contributed by atoms with Gasteiger partial charge in [-0.05, 0) is 54.6 Å². The van der Waals surface area contributed by atoms with E-state index in [9.17, 15) is 31.4 Å². The molecule has 0 amide bonds. The number of carbonyl (C=O) groups is 2. The molecule has 0 aliphatic carbocycles. The molecule has 0 radical (unpaired) electrons. The highest BCUT2D eigenvalue weighted by atomic mass is 19.4. The monoisotopic (exact) mass is 753 g/mol. The van der Waals surface area contributed by atoms with Gasteiger partial charge in [-0.2, -0.15) is 26.3 Å². The Morgan fingerprint density at radius 2 is 1.57 bits per heavy atom. The van der Waals surface area contributed by atoms with Gasteiger partial charge in [0.05, 0.1) is 18.9 Å². The van der Waals surface area contributed by atoms with Gasteiger partial charge in [-0.15, -0.1) is 0 Å². The number of hydrogen-bond donors (Lipinski definition) is 5. The van der Waals surface area contributed by atoms with E-state index in [4.69, 9.17) is 35.3 Å². The molecule has 0 bridgehead atoms. The Hall–Kier alpha value is -5.91. The molecule has 2 heterocycles. The third-order valence-corrected chi connectivity index (χ3v) is 7.21. The number of aliphatic carboxylic acids is 2. The van der Waals surface area contributed by atoms with Crippen molar-refractivity contribution in [1.82, 2.24) is 14.5 Å². The summed E-state index contributed by atoms with van der Waals surface area (Å²) in [5.41, 5.74) is 9.85. The molecule has 1 unspecified atom stereocenters. The number of carboxylic acids is 2. The van der Waals surface area contributed by atoms with Gasteiger partial charge in [0.1, 0.15) is 17.7 Å². The Morgan fingerprint density at radius 1 is 0.943 bits per heavy atom. The molecule has 0 spiro atoms. The molecule has 53 heavy (non-hydrogen) atoms. The number of aryl methyl sites for hydroxylation is 1. The van der Waals surface area contributed by atoms with E-state index in [1.165, 1.54) is 0 Å². The summed E-state index contributed by atoms with van der Waals surface area (Å²) in [7, 11) is 0. The Kier molecular flexibility index (Phi) is 14.1. The van der Waals surface area contributed by atoms with Crippen LogP contribution in [-0.4, -0.2) is 67.4 Å². The maximum atomic E-state index is 16.1. The highest BCUT2D eigenvalue weighted by Crippen LogP contribution is 2.36. The largest absolute Gasteiger partial charge is 0.491 e. The number of rotatable bonds is 10. The van der Waals surface area contributed by atoms with E-state index in [-0.39, 0.29) is 12.4 Å². The van der Waals surface area contributed by atoms with Crippen LogP contribution < -0.4 is 15.8 Å². The van der Waals surface area contributed by atoms with E-state index < -0.39 is 36.2 Å². The molecule has 0 saturated carbocycles. The summed E-state index contributed by atoms with van der Waals surface area (Å²) in [6.07, 6.45) is -5.90. The number of aliphatic hydroxyl groups excluding tert-OH is 1. The molecule has 2 aromatic heterocycles. The first-order chi connectivity index (χ1) is 24.9. The minimum absolute atomic E-state index is 0.0890. The number of benzene rings is 3. The molecule has 284 valence electrons. The van der Waals surface area contributed by atoms with Crippen molar-refractivity contribution in [3.63, 3.8) is 0 Å². The number of nitrogens with one attached hydrogen (secondary N) is 1. The standard InChI is InChI=1S/C31H32FN5O2.2C2HF3O2/c1-3-20-16-25(28(32)27(17-20)39-4-2)29(35-23-10-11-24-22(18-23)12-13-34-30(24)33)31-36-26(19-37(31)14-15-38)21-8-6-5-7-9-21;2*3-2(4,5)1(6)7/h5-13,16-19,29,35,38H,3-4,14-15H2,1-2H3,(H2,33,34);2*(H,6,7). The number of pyridine rings is 1. The zero-order chi connectivity index (χ0) is 39.5. The number of carboxylic acid groups (broad SMARTS) is 2. The van der Waals surface area contributed by atoms with Gasteiger partial charge >= 0.3 is 24.3 Å². The first kappa shape index (κ1) is 41.5. The molecule has 18 heteroatoms. The van der Waals surface area contributed by atoms with Crippen molar-refractivity contribution >= 4 is 34.2 Å². The van der Waals surface area contributed by atoms with Crippen LogP contribution >= 0.6 is 0 Å². The second-order valence-electron chi connectivity index (χ2n) is 10.9. The average Bonchev–Trinajstić information content (AvgIpc) is 3.52. The summed E-state index contributed by atoms with van der Waals surface area (Å²) in [6, 6.07) is 20.4. The zero-order valence-corrected chi connectivity index (χ0v) is 28.0. The third kappa shape index (κ3) is 11.3. The lowest BCUT2D eigenvalue weighted by Gasteiger charge is -2.23. The van der Waals surface area contributed by atoms with Gasteiger partial charge < -0.3 is 35.7 Å². The van der Waals surface area contributed by atoms with Crippen molar-refractivity contribution in [1.29, 1.82) is 0 Å². The number of aromatic nitrogens is 3. The Balaban J connectivity index is 0.000000458. The van der Waals surface area contributed by atoms with Gasteiger partial charge in [-0.3, -0.25) is 0 Å². The van der Waals surface area contributed by atoms with E-state index in [1.807, 2.05) is 85.3 Å². The molecule has 5 aromatic rings. The van der Waals surface area contributed by atoms with Crippen molar-refractivity contribution in [3.8, 4) is 17.0 Å². The van der Waals surface area contributed by atoms with Gasteiger partial charge in [0.15, 0.2) is 11.6 Å². The van der Waals surface area contributed by atoms with Crippen LogP contribution in [0.15, 0.2) is 79.1 Å². The van der Waals surface area contributed by atoms with E-state index >= 15 is 4.39 Å². The average molecular weight is 754 g/mol. The van der Waals surface area contributed by atoms with Crippen LogP contribution in [0.2, 0.25) is 0 Å². The second-order valence-corrected chi connectivity index (χ2v) is 10.9. The van der Waals surface area contributed by atoms with Crippen LogP contribution in [-0.2, 0) is 22.6 Å². The number of fused-ring (bicyclic) bond motifs is 1. The normalized spacial score (nSPS) is 11.8. The van der Waals surface area contributed by atoms with Crippen molar-refractivity contribution < 1.29 is 60.4 Å². The van der Waals surface area contributed by atoms with Gasteiger partial charge in [-0.25, -0.2) is 23.9 Å². The summed E-state index contributed by atoms with van der Waals surface area (Å²) in [6.45, 7) is 4.42. The fourth-order valence-electron chi connectivity index (χ4n) is 4.79. The molecule has 0 aliphatic rings. The minimum Gasteiger partial charge on any atom is -0.491 e. The topological polar surface area (TPSA) is 173 Å². The number of ether oxygens (including phenoxy) is 1. The Labute approximate surface area is 297 Å². The number of alkyl halides is 6. The number of nitrogens with zero attached hydrogens (tertiary/aromatic N) is 3. The second kappa shape index (κ2) is 18.0. The Morgan fingerprint density at radius 3 is 2.11 bits per heavy atom. The molecule has 3 aromatic carbocycles. The first-order valence-corrected chi connectivity index (χ1v) is 15.6. The fraction of sp³-hybridized carbons (Fsp3) is 0.257. The number of anilines is 2. The summed E-state index contributed by atoms with van der Waals surface area (Å²) in [5.74, 6) is -4.73. The number of nitrogens with two attached hydrogens (primary N) is 1. The molecule has 0 aliphatic heterocycles. The minimum atomic E-state index is -5.08.